The molecule has 0 aliphatic carbocycles. The average molecular weight is 297 g/mol. The smallest absolute Gasteiger partial charge is 0.119 e. The Kier molecular flexibility index (Phi) is 9.54. The molecule has 1 aromatic rings. The monoisotopic (exact) mass is 297 g/mol. The van der Waals surface area contributed by atoms with E-state index in [1.54, 1.807) is 7.11 Å². The van der Waals surface area contributed by atoms with Crippen molar-refractivity contribution in [2.45, 2.75) is 26.3 Å². The summed E-state index contributed by atoms with van der Waals surface area (Å²) < 4.78 is 10.7. The summed E-state index contributed by atoms with van der Waals surface area (Å²) in [5.41, 5.74) is 1.32. The first-order valence-corrected chi connectivity index (χ1v) is 8.50. The van der Waals surface area contributed by atoms with Crippen LogP contribution in [-0.4, -0.2) is 38.4 Å². The van der Waals surface area contributed by atoms with E-state index in [-0.39, 0.29) is 0 Å². The first-order chi connectivity index (χ1) is 9.81. The van der Waals surface area contributed by atoms with Gasteiger partial charge in [0.2, 0.25) is 0 Å². The number of hydrogen-bond donors (Lipinski definition) is 1. The predicted octanol–water partition coefficient (Wildman–Crippen LogP) is 3.51. The lowest BCUT2D eigenvalue weighted by molar-refractivity contribution is 0.218. The zero-order valence-corrected chi connectivity index (χ0v) is 13.7. The number of benzene rings is 1. The average Bonchev–Trinajstić information content (AvgIpc) is 2.49. The highest BCUT2D eigenvalue weighted by atomic mass is 32.2. The van der Waals surface area contributed by atoms with Gasteiger partial charge in [-0.15, -0.1) is 0 Å². The largest absolute Gasteiger partial charge is 0.494 e. The highest BCUT2D eigenvalue weighted by Gasteiger charge is 2.10. The molecule has 1 atom stereocenters. The molecule has 1 aromatic carbocycles. The van der Waals surface area contributed by atoms with E-state index in [0.717, 1.165) is 43.4 Å². The molecule has 1 N–H and O–H groups in total. The van der Waals surface area contributed by atoms with Crippen LogP contribution in [-0.2, 0) is 4.74 Å². The second-order valence-corrected chi connectivity index (χ2v) is 5.75. The molecule has 0 saturated heterocycles. The Labute approximate surface area is 127 Å². The summed E-state index contributed by atoms with van der Waals surface area (Å²) in [4.78, 5) is 0. The maximum absolute atomic E-state index is 5.62. The van der Waals surface area contributed by atoms with E-state index in [1.165, 1.54) is 5.56 Å². The van der Waals surface area contributed by atoms with Crippen molar-refractivity contribution in [1.82, 2.24) is 5.32 Å². The van der Waals surface area contributed by atoms with Crippen molar-refractivity contribution in [3.63, 3.8) is 0 Å². The topological polar surface area (TPSA) is 30.5 Å². The number of ether oxygens (including phenoxy) is 2. The van der Waals surface area contributed by atoms with Crippen LogP contribution in [0.4, 0.5) is 0 Å². The van der Waals surface area contributed by atoms with Crippen LogP contribution in [0.3, 0.4) is 0 Å². The summed E-state index contributed by atoms with van der Waals surface area (Å²) in [7, 11) is 1.75. The van der Waals surface area contributed by atoms with Gasteiger partial charge in [0.05, 0.1) is 13.2 Å². The normalized spacial score (nSPS) is 12.3. The third-order valence-corrected chi connectivity index (χ3v) is 3.95. The standard InChI is InChI=1S/C16H27NO2S/c1-4-10-19-15-8-6-14(7-9-15)16(17-5-2)13-20-12-11-18-3/h6-9,16-17H,4-5,10-13H2,1-3H3. The zero-order valence-electron chi connectivity index (χ0n) is 12.9. The molecular formula is C16H27NO2S. The summed E-state index contributed by atoms with van der Waals surface area (Å²) in [6.07, 6.45) is 1.04. The molecule has 0 amide bonds. The van der Waals surface area contributed by atoms with Gasteiger partial charge in [-0.1, -0.05) is 26.0 Å². The van der Waals surface area contributed by atoms with Crippen molar-refractivity contribution in [2.75, 3.05) is 38.4 Å². The zero-order chi connectivity index (χ0) is 14.6. The van der Waals surface area contributed by atoms with E-state index in [1.807, 2.05) is 11.8 Å². The van der Waals surface area contributed by atoms with Gasteiger partial charge < -0.3 is 14.8 Å². The molecule has 3 nitrogen and oxygen atoms in total. The molecule has 0 aromatic heterocycles. The Morgan fingerprint density at radius 3 is 2.50 bits per heavy atom. The van der Waals surface area contributed by atoms with Crippen LogP contribution in [0.1, 0.15) is 31.9 Å². The van der Waals surface area contributed by atoms with Crippen LogP contribution < -0.4 is 10.1 Å². The van der Waals surface area contributed by atoms with Crippen LogP contribution in [0.5, 0.6) is 5.75 Å². The predicted molar refractivity (Wildman–Crippen MR) is 87.8 cm³/mol. The van der Waals surface area contributed by atoms with Crippen LogP contribution in [0.2, 0.25) is 0 Å². The molecule has 0 heterocycles. The van der Waals surface area contributed by atoms with Crippen molar-refractivity contribution in [3.8, 4) is 5.75 Å². The summed E-state index contributed by atoms with van der Waals surface area (Å²) in [6, 6.07) is 8.84. The Bertz CT molecular complexity index is 343. The Morgan fingerprint density at radius 2 is 1.90 bits per heavy atom. The Hall–Kier alpha value is -0.710. The molecule has 0 spiro atoms. The third kappa shape index (κ3) is 6.64. The molecule has 1 rings (SSSR count). The second-order valence-electron chi connectivity index (χ2n) is 4.60. The fourth-order valence-corrected chi connectivity index (χ4v) is 2.88. The van der Waals surface area contributed by atoms with Gasteiger partial charge in [-0.2, -0.15) is 11.8 Å². The van der Waals surface area contributed by atoms with E-state index in [9.17, 15) is 0 Å². The Morgan fingerprint density at radius 1 is 1.15 bits per heavy atom. The summed E-state index contributed by atoms with van der Waals surface area (Å²) in [5, 5.41) is 3.54. The molecule has 0 aliphatic rings. The van der Waals surface area contributed by atoms with E-state index in [0.29, 0.717) is 6.04 Å². The quantitative estimate of drug-likeness (QED) is 0.633. The molecule has 20 heavy (non-hydrogen) atoms. The minimum Gasteiger partial charge on any atom is -0.494 e. The van der Waals surface area contributed by atoms with Gasteiger partial charge in [0.1, 0.15) is 5.75 Å². The van der Waals surface area contributed by atoms with Crippen LogP contribution in [0.15, 0.2) is 24.3 Å². The van der Waals surface area contributed by atoms with Crippen molar-refractivity contribution in [1.29, 1.82) is 0 Å². The highest BCUT2D eigenvalue weighted by molar-refractivity contribution is 7.99. The molecular weight excluding hydrogens is 270 g/mol. The van der Waals surface area contributed by atoms with Crippen molar-refractivity contribution >= 4 is 11.8 Å². The van der Waals surface area contributed by atoms with Crippen LogP contribution in [0, 0.1) is 0 Å². The van der Waals surface area contributed by atoms with Crippen molar-refractivity contribution < 1.29 is 9.47 Å². The second kappa shape index (κ2) is 11.0. The lowest BCUT2D eigenvalue weighted by atomic mass is 10.1. The molecule has 0 bridgehead atoms. The van der Waals surface area contributed by atoms with Gasteiger partial charge in [0.25, 0.3) is 0 Å². The van der Waals surface area contributed by atoms with Crippen LogP contribution >= 0.6 is 11.8 Å². The first-order valence-electron chi connectivity index (χ1n) is 7.34. The maximum atomic E-state index is 5.62. The SMILES string of the molecule is CCCOc1ccc(C(CSCCOC)NCC)cc1. The van der Waals surface area contributed by atoms with Gasteiger partial charge in [0, 0.05) is 24.7 Å². The van der Waals surface area contributed by atoms with Gasteiger partial charge in [-0.3, -0.25) is 0 Å². The van der Waals surface area contributed by atoms with Gasteiger partial charge in [-0.05, 0) is 30.7 Å². The minimum absolute atomic E-state index is 0.391. The fourth-order valence-electron chi connectivity index (χ4n) is 1.88. The lowest BCUT2D eigenvalue weighted by Crippen LogP contribution is -2.23. The summed E-state index contributed by atoms with van der Waals surface area (Å²) >= 11 is 1.92. The van der Waals surface area contributed by atoms with Crippen molar-refractivity contribution in [2.24, 2.45) is 0 Å². The van der Waals surface area contributed by atoms with Gasteiger partial charge in [-0.25, -0.2) is 0 Å². The molecule has 4 heteroatoms. The number of methoxy groups -OCH3 is 1. The highest BCUT2D eigenvalue weighted by Crippen LogP contribution is 2.21. The summed E-state index contributed by atoms with van der Waals surface area (Å²) in [5.74, 6) is 3.06. The minimum atomic E-state index is 0.391. The third-order valence-electron chi connectivity index (χ3n) is 2.92. The Balaban J connectivity index is 2.52. The molecule has 1 unspecified atom stereocenters. The molecule has 0 aliphatic heterocycles. The number of thioether (sulfide) groups is 1. The van der Waals surface area contributed by atoms with Crippen LogP contribution in [0.25, 0.3) is 0 Å². The number of hydrogen-bond acceptors (Lipinski definition) is 4. The molecule has 114 valence electrons. The fraction of sp³-hybridized carbons (Fsp3) is 0.625. The van der Waals surface area contributed by atoms with Gasteiger partial charge in [0.15, 0.2) is 0 Å². The first kappa shape index (κ1) is 17.3. The maximum Gasteiger partial charge on any atom is 0.119 e. The van der Waals surface area contributed by atoms with Crippen molar-refractivity contribution in [3.05, 3.63) is 29.8 Å². The number of rotatable bonds is 11. The van der Waals surface area contributed by atoms with E-state index < -0.39 is 0 Å². The van der Waals surface area contributed by atoms with Gasteiger partial charge >= 0.3 is 0 Å². The molecule has 0 radical (unpaired) electrons. The lowest BCUT2D eigenvalue weighted by Gasteiger charge is -2.18. The molecule has 0 saturated carbocycles. The van der Waals surface area contributed by atoms with E-state index >= 15 is 0 Å². The number of nitrogens with one attached hydrogen (secondary N) is 1. The van der Waals surface area contributed by atoms with E-state index in [2.05, 4.69) is 43.4 Å². The molecule has 0 fully saturated rings. The summed E-state index contributed by atoms with van der Waals surface area (Å²) in [6.45, 7) is 6.83. The van der Waals surface area contributed by atoms with E-state index in [4.69, 9.17) is 9.47 Å².